The Morgan fingerprint density at radius 2 is 1.70 bits per heavy atom. The quantitative estimate of drug-likeness (QED) is 0.522. The van der Waals surface area contributed by atoms with Crippen molar-refractivity contribution in [2.75, 3.05) is 48.4 Å². The van der Waals surface area contributed by atoms with Crippen LogP contribution < -0.4 is 14.7 Å². The molecule has 2 N–H and O–H groups in total. The summed E-state index contributed by atoms with van der Waals surface area (Å²) in [5.41, 5.74) is 3.09. The molecule has 1 saturated heterocycles. The molecule has 1 amide bonds. The predicted molar refractivity (Wildman–Crippen MR) is 147 cm³/mol. The first-order valence-corrected chi connectivity index (χ1v) is 13.2. The molecule has 1 aliphatic heterocycles. The van der Waals surface area contributed by atoms with Gasteiger partial charge in [-0.15, -0.1) is 0 Å². The van der Waals surface area contributed by atoms with Gasteiger partial charge in [-0.05, 0) is 92.5 Å². The Morgan fingerprint density at radius 3 is 2.32 bits per heavy atom. The Hall–Kier alpha value is -3.39. The van der Waals surface area contributed by atoms with Crippen molar-refractivity contribution in [2.45, 2.75) is 44.6 Å². The van der Waals surface area contributed by atoms with E-state index in [0.29, 0.717) is 49.5 Å². The molecule has 2 aliphatic rings. The zero-order chi connectivity index (χ0) is 26.4. The molecular weight excluding hydrogens is 468 g/mol. The number of aliphatic carboxylic acids is 1. The van der Waals surface area contributed by atoms with Gasteiger partial charge in [0.25, 0.3) is 0 Å². The Kier molecular flexibility index (Phi) is 8.82. The number of hydrogen-bond donors (Lipinski definition) is 2. The van der Waals surface area contributed by atoms with E-state index in [4.69, 9.17) is 5.11 Å². The van der Waals surface area contributed by atoms with Crippen molar-refractivity contribution >= 4 is 35.1 Å². The molecule has 0 spiro atoms. The maximum atomic E-state index is 13.7. The third-order valence-electron chi connectivity index (χ3n) is 7.56. The molecule has 8 heteroatoms. The number of aromatic nitrogens is 1. The smallest absolute Gasteiger partial charge is 0.328 e. The second-order valence-corrected chi connectivity index (χ2v) is 10.4. The van der Waals surface area contributed by atoms with Crippen LogP contribution in [0.15, 0.2) is 48.7 Å². The summed E-state index contributed by atoms with van der Waals surface area (Å²) in [7, 11) is 4.08. The summed E-state index contributed by atoms with van der Waals surface area (Å²) < 4.78 is 0. The summed E-state index contributed by atoms with van der Waals surface area (Å²) in [6, 6.07) is 12.1. The molecule has 8 nitrogen and oxygen atoms in total. The fourth-order valence-electron chi connectivity index (χ4n) is 5.29. The first kappa shape index (κ1) is 26.7. The van der Waals surface area contributed by atoms with E-state index >= 15 is 0 Å². The summed E-state index contributed by atoms with van der Waals surface area (Å²) in [5, 5.41) is 18.9. The molecule has 0 bridgehead atoms. The van der Waals surface area contributed by atoms with E-state index in [2.05, 4.69) is 39.0 Å². The summed E-state index contributed by atoms with van der Waals surface area (Å²) in [6.45, 7) is 2.45. The Bertz CT molecular complexity index is 1090. The molecule has 0 unspecified atom stereocenters. The third-order valence-corrected chi connectivity index (χ3v) is 7.56. The number of aliphatic hydroxyl groups is 1. The molecule has 198 valence electrons. The van der Waals surface area contributed by atoms with E-state index in [1.54, 1.807) is 18.3 Å². The molecule has 2 aromatic rings. The number of piperidine rings is 1. The lowest BCUT2D eigenvalue weighted by Crippen LogP contribution is -2.44. The van der Waals surface area contributed by atoms with E-state index in [-0.39, 0.29) is 17.9 Å². The van der Waals surface area contributed by atoms with Crippen LogP contribution in [0.3, 0.4) is 0 Å². The topological polar surface area (TPSA) is 97.2 Å². The first-order chi connectivity index (χ1) is 17.8. The highest BCUT2D eigenvalue weighted by atomic mass is 16.4. The van der Waals surface area contributed by atoms with E-state index < -0.39 is 5.97 Å². The molecule has 37 heavy (non-hydrogen) atoms. The SMILES string of the molecule is CN(C)c1ccc(N2CCC(CN(C(=O)C3CCC(O)CC3)c3cc(/C=C/C(=O)O)ccn3)CC2)cc1. The lowest BCUT2D eigenvalue weighted by molar-refractivity contribution is -0.131. The van der Waals surface area contributed by atoms with Crippen LogP contribution in [0.2, 0.25) is 0 Å². The number of carbonyl (C=O) groups excluding carboxylic acids is 1. The number of pyridine rings is 1. The van der Waals surface area contributed by atoms with Gasteiger partial charge in [0, 0.05) is 63.3 Å². The maximum absolute atomic E-state index is 13.7. The second-order valence-electron chi connectivity index (χ2n) is 10.4. The number of amides is 1. The minimum Gasteiger partial charge on any atom is -0.478 e. The molecule has 0 atom stereocenters. The van der Waals surface area contributed by atoms with E-state index in [1.807, 2.05) is 19.0 Å². The number of nitrogens with zero attached hydrogens (tertiary/aromatic N) is 4. The van der Waals surface area contributed by atoms with Crippen LogP contribution in [0.1, 0.15) is 44.1 Å². The lowest BCUT2D eigenvalue weighted by atomic mass is 9.86. The zero-order valence-corrected chi connectivity index (χ0v) is 21.8. The Balaban J connectivity index is 1.47. The van der Waals surface area contributed by atoms with E-state index in [1.165, 1.54) is 17.5 Å². The van der Waals surface area contributed by atoms with Crippen LogP contribution in [-0.2, 0) is 9.59 Å². The van der Waals surface area contributed by atoms with Crippen molar-refractivity contribution in [2.24, 2.45) is 11.8 Å². The van der Waals surface area contributed by atoms with Gasteiger partial charge in [0.1, 0.15) is 5.82 Å². The Morgan fingerprint density at radius 1 is 1.03 bits per heavy atom. The van der Waals surface area contributed by atoms with Crippen LogP contribution >= 0.6 is 0 Å². The zero-order valence-electron chi connectivity index (χ0n) is 21.8. The van der Waals surface area contributed by atoms with Gasteiger partial charge in [-0.1, -0.05) is 0 Å². The van der Waals surface area contributed by atoms with Crippen molar-refractivity contribution in [3.05, 3.63) is 54.2 Å². The fraction of sp³-hybridized carbons (Fsp3) is 0.483. The first-order valence-electron chi connectivity index (χ1n) is 13.2. The fourth-order valence-corrected chi connectivity index (χ4v) is 5.29. The number of carboxylic acids is 1. The summed E-state index contributed by atoms with van der Waals surface area (Å²) >= 11 is 0. The molecular formula is C29H38N4O4. The number of benzene rings is 1. The van der Waals surface area contributed by atoms with Gasteiger partial charge in [0.05, 0.1) is 6.10 Å². The third kappa shape index (κ3) is 7.10. The molecule has 1 aromatic carbocycles. The average molecular weight is 507 g/mol. The number of hydrogen-bond acceptors (Lipinski definition) is 6. The van der Waals surface area contributed by atoms with Crippen molar-refractivity contribution in [1.29, 1.82) is 0 Å². The number of carboxylic acid groups (broad SMARTS) is 1. The van der Waals surface area contributed by atoms with E-state index in [0.717, 1.165) is 32.0 Å². The number of aliphatic hydroxyl groups excluding tert-OH is 1. The monoisotopic (exact) mass is 506 g/mol. The van der Waals surface area contributed by atoms with Crippen LogP contribution in [0.5, 0.6) is 0 Å². The van der Waals surface area contributed by atoms with Gasteiger partial charge in [-0.3, -0.25) is 9.69 Å². The molecule has 2 heterocycles. The normalized spacial score (nSPS) is 20.7. The highest BCUT2D eigenvalue weighted by Gasteiger charge is 2.32. The second kappa shape index (κ2) is 12.2. The highest BCUT2D eigenvalue weighted by Crippen LogP contribution is 2.31. The minimum absolute atomic E-state index is 0.0560. The standard InChI is InChI=1S/C29H38N4O4/c1-31(2)24-6-8-25(9-7-24)32-17-14-22(15-18-32)20-33(29(37)23-4-10-26(34)11-5-23)27-19-21(13-16-30-27)3-12-28(35)36/h3,6-9,12-13,16,19,22-23,26,34H,4-5,10-11,14-15,17-18,20H2,1-2H3,(H,35,36)/b12-3+. The molecule has 0 radical (unpaired) electrons. The van der Waals surface area contributed by atoms with Gasteiger partial charge in [-0.25, -0.2) is 9.78 Å². The molecule has 1 aliphatic carbocycles. The highest BCUT2D eigenvalue weighted by molar-refractivity contribution is 5.94. The average Bonchev–Trinajstić information content (AvgIpc) is 2.91. The number of carbonyl (C=O) groups is 2. The van der Waals surface area contributed by atoms with Crippen molar-refractivity contribution in [3.8, 4) is 0 Å². The van der Waals surface area contributed by atoms with Crippen LogP contribution in [-0.4, -0.2) is 66.9 Å². The summed E-state index contributed by atoms with van der Waals surface area (Å²) in [6.07, 6.45) is 8.50. The van der Waals surface area contributed by atoms with Crippen LogP contribution in [0.25, 0.3) is 6.08 Å². The Labute approximate surface area is 219 Å². The van der Waals surface area contributed by atoms with Gasteiger partial charge in [-0.2, -0.15) is 0 Å². The summed E-state index contributed by atoms with van der Waals surface area (Å²) in [4.78, 5) is 35.5. The largest absolute Gasteiger partial charge is 0.478 e. The molecule has 1 saturated carbocycles. The van der Waals surface area contributed by atoms with Crippen molar-refractivity contribution in [1.82, 2.24) is 4.98 Å². The predicted octanol–water partition coefficient (Wildman–Crippen LogP) is 4.05. The maximum Gasteiger partial charge on any atom is 0.328 e. The number of rotatable bonds is 8. The number of anilines is 3. The van der Waals surface area contributed by atoms with Crippen LogP contribution in [0, 0.1) is 11.8 Å². The van der Waals surface area contributed by atoms with Crippen molar-refractivity contribution < 1.29 is 19.8 Å². The van der Waals surface area contributed by atoms with Gasteiger partial charge < -0.3 is 20.0 Å². The van der Waals surface area contributed by atoms with Crippen molar-refractivity contribution in [3.63, 3.8) is 0 Å². The van der Waals surface area contributed by atoms with Gasteiger partial charge >= 0.3 is 5.97 Å². The minimum atomic E-state index is -1.02. The molecule has 2 fully saturated rings. The van der Waals surface area contributed by atoms with E-state index in [9.17, 15) is 14.7 Å². The molecule has 4 rings (SSSR count). The van der Waals surface area contributed by atoms with Crippen LogP contribution in [0.4, 0.5) is 17.2 Å². The molecule has 1 aromatic heterocycles. The summed E-state index contributed by atoms with van der Waals surface area (Å²) in [5.74, 6) is -0.185. The lowest BCUT2D eigenvalue weighted by Gasteiger charge is -2.37. The van der Waals surface area contributed by atoms with Gasteiger partial charge in [0.2, 0.25) is 5.91 Å². The van der Waals surface area contributed by atoms with Gasteiger partial charge in [0.15, 0.2) is 0 Å².